The second kappa shape index (κ2) is 8.55. The van der Waals surface area contributed by atoms with Crippen molar-refractivity contribution < 1.29 is 0 Å². The van der Waals surface area contributed by atoms with E-state index in [2.05, 4.69) is 55.3 Å². The van der Waals surface area contributed by atoms with Gasteiger partial charge in [-0.3, -0.25) is 0 Å². The molecule has 1 aliphatic rings. The minimum absolute atomic E-state index is 0.495. The molecule has 1 unspecified atom stereocenters. The molecule has 1 fully saturated rings. The van der Waals surface area contributed by atoms with E-state index in [4.69, 9.17) is 0 Å². The highest BCUT2D eigenvalue weighted by molar-refractivity contribution is 5.28. The van der Waals surface area contributed by atoms with Gasteiger partial charge < -0.3 is 10.2 Å². The van der Waals surface area contributed by atoms with E-state index >= 15 is 0 Å². The minimum Gasteiger partial charge on any atom is -0.310 e. The molecule has 1 atom stereocenters. The third-order valence-corrected chi connectivity index (χ3v) is 4.50. The summed E-state index contributed by atoms with van der Waals surface area (Å²) >= 11 is 0. The highest BCUT2D eigenvalue weighted by Gasteiger charge is 2.24. The Morgan fingerprint density at radius 2 is 1.95 bits per heavy atom. The van der Waals surface area contributed by atoms with Crippen LogP contribution < -0.4 is 5.32 Å². The van der Waals surface area contributed by atoms with Crippen LogP contribution in [0.25, 0.3) is 0 Å². The van der Waals surface area contributed by atoms with Crippen molar-refractivity contribution in [1.29, 1.82) is 0 Å². The summed E-state index contributed by atoms with van der Waals surface area (Å²) in [5.74, 6) is 0.993. The van der Waals surface area contributed by atoms with E-state index in [9.17, 15) is 0 Å². The summed E-state index contributed by atoms with van der Waals surface area (Å²) in [6, 6.07) is 9.31. The third-order valence-electron chi connectivity index (χ3n) is 4.50. The lowest BCUT2D eigenvalue weighted by molar-refractivity contribution is 0.247. The van der Waals surface area contributed by atoms with Crippen molar-refractivity contribution in [3.05, 3.63) is 35.4 Å². The highest BCUT2D eigenvalue weighted by atomic mass is 15.1. The Labute approximate surface area is 130 Å². The standard InChI is InChI=1S/C19H32N2/c1-4-13-21(15-17-10-11-17)14-12-19(20-5-2)18-9-7-6-8-16(18)3/h6-9,17,19-20H,4-5,10-15H2,1-3H3. The van der Waals surface area contributed by atoms with Crippen LogP contribution in [0.4, 0.5) is 0 Å². The monoisotopic (exact) mass is 288 g/mol. The van der Waals surface area contributed by atoms with Crippen molar-refractivity contribution in [3.63, 3.8) is 0 Å². The van der Waals surface area contributed by atoms with E-state index in [0.717, 1.165) is 12.5 Å². The van der Waals surface area contributed by atoms with E-state index in [1.165, 1.54) is 56.4 Å². The molecule has 2 heteroatoms. The number of nitrogens with one attached hydrogen (secondary N) is 1. The zero-order valence-electron chi connectivity index (χ0n) is 14.1. The Kier molecular flexibility index (Phi) is 6.72. The van der Waals surface area contributed by atoms with Gasteiger partial charge in [0.25, 0.3) is 0 Å². The quantitative estimate of drug-likeness (QED) is 0.695. The highest BCUT2D eigenvalue weighted by Crippen LogP contribution is 2.30. The summed E-state index contributed by atoms with van der Waals surface area (Å²) < 4.78 is 0. The van der Waals surface area contributed by atoms with Gasteiger partial charge in [-0.05, 0) is 69.3 Å². The van der Waals surface area contributed by atoms with E-state index < -0.39 is 0 Å². The fourth-order valence-electron chi connectivity index (χ4n) is 3.18. The average molecular weight is 288 g/mol. The Morgan fingerprint density at radius 1 is 1.19 bits per heavy atom. The summed E-state index contributed by atoms with van der Waals surface area (Å²) in [4.78, 5) is 2.68. The first kappa shape index (κ1) is 16.5. The summed E-state index contributed by atoms with van der Waals surface area (Å²) in [6.45, 7) is 11.6. The molecule has 1 aromatic carbocycles. The molecule has 2 nitrogen and oxygen atoms in total. The Balaban J connectivity index is 1.93. The topological polar surface area (TPSA) is 15.3 Å². The molecule has 0 aliphatic heterocycles. The van der Waals surface area contributed by atoms with Gasteiger partial charge in [-0.15, -0.1) is 0 Å². The fraction of sp³-hybridized carbons (Fsp3) is 0.684. The molecule has 21 heavy (non-hydrogen) atoms. The maximum atomic E-state index is 3.68. The van der Waals surface area contributed by atoms with Crippen LogP contribution in [0.15, 0.2) is 24.3 Å². The first-order valence-corrected chi connectivity index (χ1v) is 8.75. The van der Waals surface area contributed by atoms with Crippen LogP contribution in [0.2, 0.25) is 0 Å². The van der Waals surface area contributed by atoms with Gasteiger partial charge in [-0.2, -0.15) is 0 Å². The van der Waals surface area contributed by atoms with Gasteiger partial charge in [-0.1, -0.05) is 38.1 Å². The van der Waals surface area contributed by atoms with Gasteiger partial charge in [-0.25, -0.2) is 0 Å². The molecule has 1 aromatic rings. The SMILES string of the molecule is CCCN(CCC(NCC)c1ccccc1C)CC1CC1. The summed E-state index contributed by atoms with van der Waals surface area (Å²) in [6.07, 6.45) is 5.39. The van der Waals surface area contributed by atoms with Gasteiger partial charge in [0.2, 0.25) is 0 Å². The molecule has 0 aromatic heterocycles. The van der Waals surface area contributed by atoms with Crippen molar-refractivity contribution >= 4 is 0 Å². The largest absolute Gasteiger partial charge is 0.310 e. The maximum absolute atomic E-state index is 3.68. The van der Waals surface area contributed by atoms with Crippen LogP contribution in [0.5, 0.6) is 0 Å². The number of aryl methyl sites for hydroxylation is 1. The van der Waals surface area contributed by atoms with Crippen LogP contribution in [0.1, 0.15) is 56.7 Å². The second-order valence-corrected chi connectivity index (χ2v) is 6.50. The lowest BCUT2D eigenvalue weighted by Gasteiger charge is -2.26. The Bertz CT molecular complexity index is 412. The predicted molar refractivity (Wildman–Crippen MR) is 91.7 cm³/mol. The van der Waals surface area contributed by atoms with E-state index in [-0.39, 0.29) is 0 Å². The van der Waals surface area contributed by atoms with Crippen molar-refractivity contribution in [2.24, 2.45) is 5.92 Å². The molecular weight excluding hydrogens is 256 g/mol. The van der Waals surface area contributed by atoms with Gasteiger partial charge in [0.05, 0.1) is 0 Å². The first-order chi connectivity index (χ1) is 10.2. The Morgan fingerprint density at radius 3 is 2.57 bits per heavy atom. The maximum Gasteiger partial charge on any atom is 0.0334 e. The lowest BCUT2D eigenvalue weighted by atomic mass is 9.98. The van der Waals surface area contributed by atoms with Gasteiger partial charge >= 0.3 is 0 Å². The Hall–Kier alpha value is -0.860. The molecule has 1 aliphatic carbocycles. The normalized spacial score (nSPS) is 16.4. The van der Waals surface area contributed by atoms with Crippen LogP contribution >= 0.6 is 0 Å². The van der Waals surface area contributed by atoms with Gasteiger partial charge in [0, 0.05) is 12.6 Å². The number of rotatable bonds is 10. The average Bonchev–Trinajstić information content (AvgIpc) is 3.28. The summed E-state index contributed by atoms with van der Waals surface area (Å²) in [5.41, 5.74) is 2.88. The molecule has 1 N–H and O–H groups in total. The molecular formula is C19H32N2. The van der Waals surface area contributed by atoms with Crippen LogP contribution in [-0.2, 0) is 0 Å². The van der Waals surface area contributed by atoms with Crippen LogP contribution in [0, 0.1) is 12.8 Å². The fourth-order valence-corrected chi connectivity index (χ4v) is 3.18. The van der Waals surface area contributed by atoms with Gasteiger partial charge in [0.1, 0.15) is 0 Å². The van der Waals surface area contributed by atoms with Crippen LogP contribution in [0.3, 0.4) is 0 Å². The second-order valence-electron chi connectivity index (χ2n) is 6.50. The van der Waals surface area contributed by atoms with Crippen molar-refractivity contribution in [1.82, 2.24) is 10.2 Å². The molecule has 0 spiro atoms. The lowest BCUT2D eigenvalue weighted by Crippen LogP contribution is -2.32. The zero-order valence-corrected chi connectivity index (χ0v) is 14.1. The van der Waals surface area contributed by atoms with E-state index in [0.29, 0.717) is 6.04 Å². The third kappa shape index (κ3) is 5.44. The number of hydrogen-bond acceptors (Lipinski definition) is 2. The zero-order chi connectivity index (χ0) is 15.1. The van der Waals surface area contributed by atoms with Crippen molar-refractivity contribution in [2.75, 3.05) is 26.2 Å². The summed E-state index contributed by atoms with van der Waals surface area (Å²) in [5, 5.41) is 3.68. The van der Waals surface area contributed by atoms with Crippen LogP contribution in [-0.4, -0.2) is 31.1 Å². The predicted octanol–water partition coefficient (Wildman–Crippen LogP) is 4.16. The molecule has 118 valence electrons. The molecule has 0 heterocycles. The van der Waals surface area contributed by atoms with E-state index in [1.54, 1.807) is 0 Å². The number of benzene rings is 1. The minimum atomic E-state index is 0.495. The molecule has 0 saturated heterocycles. The summed E-state index contributed by atoms with van der Waals surface area (Å²) in [7, 11) is 0. The smallest absolute Gasteiger partial charge is 0.0334 e. The molecule has 1 saturated carbocycles. The molecule has 0 amide bonds. The molecule has 0 bridgehead atoms. The number of hydrogen-bond donors (Lipinski definition) is 1. The van der Waals surface area contributed by atoms with E-state index in [1.807, 2.05) is 0 Å². The molecule has 0 radical (unpaired) electrons. The first-order valence-electron chi connectivity index (χ1n) is 8.75. The van der Waals surface area contributed by atoms with Gasteiger partial charge in [0.15, 0.2) is 0 Å². The number of nitrogens with zero attached hydrogens (tertiary/aromatic N) is 1. The van der Waals surface area contributed by atoms with Crippen molar-refractivity contribution in [2.45, 2.75) is 52.5 Å². The van der Waals surface area contributed by atoms with Crippen molar-refractivity contribution in [3.8, 4) is 0 Å². The molecule has 2 rings (SSSR count).